The zero-order valence-corrected chi connectivity index (χ0v) is 23.6. The van der Waals surface area contributed by atoms with Crippen LogP contribution in [0.25, 0.3) is 0 Å². The third-order valence-corrected chi connectivity index (χ3v) is 8.17. The molecule has 0 radical (unpaired) electrons. The second kappa shape index (κ2) is 14.0. The molecule has 36 heavy (non-hydrogen) atoms. The highest BCUT2D eigenvalue weighted by molar-refractivity contribution is 7.09. The molecule has 0 saturated carbocycles. The molecule has 0 aromatic carbocycles. The maximum absolute atomic E-state index is 13.7. The Morgan fingerprint density at radius 1 is 1.28 bits per heavy atom. The summed E-state index contributed by atoms with van der Waals surface area (Å²) in [5.41, 5.74) is 0.175. The molecule has 1 aromatic rings. The Hall–Kier alpha value is -2.04. The lowest BCUT2D eigenvalue weighted by molar-refractivity contribution is -0.141. The van der Waals surface area contributed by atoms with Gasteiger partial charge in [-0.1, -0.05) is 40.5 Å². The summed E-state index contributed by atoms with van der Waals surface area (Å²) >= 11 is 1.20. The standard InChI is InChI=1S/C26H44N4O5S/c1-8-17(5)22(28-23(32)19-12-10-11-13-29(19)6)25(33)30(7)20(16(3)4)14-21(31)24-27-18(15-36-24)26(34)35-9-2/h15-17,19-22,31H,8-14H2,1-7H3,(H,28,32)/t17?,19-,20-,21-,22+/m1/s1. The van der Waals surface area contributed by atoms with Gasteiger partial charge in [0.1, 0.15) is 17.2 Å². The van der Waals surface area contributed by atoms with Crippen LogP contribution in [0.1, 0.15) is 88.3 Å². The summed E-state index contributed by atoms with van der Waals surface area (Å²) in [7, 11) is 3.69. The first-order chi connectivity index (χ1) is 17.0. The number of likely N-dealkylation sites (N-methyl/N-ethyl adjacent to an activating group) is 2. The topological polar surface area (TPSA) is 112 Å². The van der Waals surface area contributed by atoms with Crippen molar-refractivity contribution in [2.24, 2.45) is 11.8 Å². The minimum Gasteiger partial charge on any atom is -0.461 e. The number of carbonyl (C=O) groups excluding carboxylic acids is 3. The van der Waals surface area contributed by atoms with E-state index in [4.69, 9.17) is 4.74 Å². The van der Waals surface area contributed by atoms with Crippen molar-refractivity contribution in [2.45, 2.75) is 91.0 Å². The van der Waals surface area contributed by atoms with Gasteiger partial charge in [0, 0.05) is 24.9 Å². The molecule has 1 aliphatic heterocycles. The van der Waals surface area contributed by atoms with Gasteiger partial charge in [-0.25, -0.2) is 9.78 Å². The van der Waals surface area contributed by atoms with E-state index in [1.165, 1.54) is 11.3 Å². The maximum atomic E-state index is 13.7. The van der Waals surface area contributed by atoms with Gasteiger partial charge in [-0.15, -0.1) is 11.3 Å². The molecule has 9 nitrogen and oxygen atoms in total. The lowest BCUT2D eigenvalue weighted by Crippen LogP contribution is -2.58. The van der Waals surface area contributed by atoms with Crippen LogP contribution in [0.2, 0.25) is 0 Å². The molecule has 1 unspecified atom stereocenters. The predicted octanol–water partition coefficient (Wildman–Crippen LogP) is 3.24. The molecule has 0 spiro atoms. The van der Waals surface area contributed by atoms with Gasteiger partial charge in [0.05, 0.1) is 12.6 Å². The highest BCUT2D eigenvalue weighted by Gasteiger charge is 2.36. The van der Waals surface area contributed by atoms with Crippen LogP contribution in [-0.2, 0) is 14.3 Å². The number of nitrogens with zero attached hydrogens (tertiary/aromatic N) is 3. The predicted molar refractivity (Wildman–Crippen MR) is 141 cm³/mol. The minimum absolute atomic E-state index is 0.0402. The Balaban J connectivity index is 2.15. The quantitative estimate of drug-likeness (QED) is 0.404. The summed E-state index contributed by atoms with van der Waals surface area (Å²) in [6.07, 6.45) is 2.95. The Bertz CT molecular complexity index is 876. The van der Waals surface area contributed by atoms with Gasteiger partial charge < -0.3 is 20.1 Å². The lowest BCUT2D eigenvalue weighted by atomic mass is 9.92. The molecule has 2 heterocycles. The van der Waals surface area contributed by atoms with Crippen LogP contribution in [-0.4, -0.2) is 83.0 Å². The molecule has 10 heteroatoms. The molecule has 2 rings (SSSR count). The first-order valence-electron chi connectivity index (χ1n) is 13.1. The summed E-state index contributed by atoms with van der Waals surface area (Å²) in [6.45, 7) is 10.8. The second-order valence-electron chi connectivity index (χ2n) is 10.2. The average Bonchev–Trinajstić information content (AvgIpc) is 3.35. The molecule has 1 saturated heterocycles. The van der Waals surface area contributed by atoms with Crippen LogP contribution >= 0.6 is 11.3 Å². The number of nitrogens with one attached hydrogen (secondary N) is 1. The van der Waals surface area contributed by atoms with Crippen LogP contribution in [0.5, 0.6) is 0 Å². The molecule has 2 amide bonds. The number of carbonyl (C=O) groups is 3. The SMILES string of the molecule is CCOC(=O)c1csc([C@H](O)C[C@H](C(C)C)N(C)C(=O)[C@@H](NC(=O)[C@H]2CCCCN2C)C(C)CC)n1. The number of aromatic nitrogens is 1. The molecule has 1 aliphatic rings. The Morgan fingerprint density at radius 2 is 1.97 bits per heavy atom. The second-order valence-corrected chi connectivity index (χ2v) is 11.1. The number of piperidine rings is 1. The summed E-state index contributed by atoms with van der Waals surface area (Å²) in [5, 5.41) is 16.0. The van der Waals surface area contributed by atoms with E-state index >= 15 is 0 Å². The van der Waals surface area contributed by atoms with Gasteiger partial charge in [0.25, 0.3) is 0 Å². The molecule has 204 valence electrons. The molecule has 1 aromatic heterocycles. The van der Waals surface area contributed by atoms with Gasteiger partial charge in [-0.3, -0.25) is 14.5 Å². The van der Waals surface area contributed by atoms with E-state index in [9.17, 15) is 19.5 Å². The number of esters is 1. The van der Waals surface area contributed by atoms with Gasteiger partial charge in [-0.05, 0) is 45.2 Å². The fourth-order valence-corrected chi connectivity index (χ4v) is 5.45. The van der Waals surface area contributed by atoms with Crippen LogP contribution in [0.4, 0.5) is 0 Å². The largest absolute Gasteiger partial charge is 0.461 e. The Kier molecular flexibility index (Phi) is 11.8. The van der Waals surface area contributed by atoms with E-state index in [-0.39, 0.29) is 54.5 Å². The van der Waals surface area contributed by atoms with Crippen LogP contribution < -0.4 is 5.32 Å². The smallest absolute Gasteiger partial charge is 0.357 e. The molecular weight excluding hydrogens is 480 g/mol. The third-order valence-electron chi connectivity index (χ3n) is 7.22. The van der Waals surface area contributed by atoms with Crippen molar-refractivity contribution < 1.29 is 24.2 Å². The van der Waals surface area contributed by atoms with E-state index in [1.807, 2.05) is 34.7 Å². The number of hydrogen-bond donors (Lipinski definition) is 2. The highest BCUT2D eigenvalue weighted by atomic mass is 32.1. The van der Waals surface area contributed by atoms with Crippen molar-refractivity contribution in [1.29, 1.82) is 0 Å². The van der Waals surface area contributed by atoms with Crippen LogP contribution in [0, 0.1) is 11.8 Å². The summed E-state index contributed by atoms with van der Waals surface area (Å²) < 4.78 is 4.98. The number of thiazole rings is 1. The molecule has 1 fully saturated rings. The van der Waals surface area contributed by atoms with Crippen molar-refractivity contribution in [2.75, 3.05) is 27.2 Å². The van der Waals surface area contributed by atoms with Crippen molar-refractivity contribution in [1.82, 2.24) is 20.1 Å². The number of hydrogen-bond acceptors (Lipinski definition) is 8. The van der Waals surface area contributed by atoms with Gasteiger partial charge >= 0.3 is 5.97 Å². The molecule has 0 bridgehead atoms. The fourth-order valence-electron chi connectivity index (χ4n) is 4.67. The third kappa shape index (κ3) is 7.73. The van der Waals surface area contributed by atoms with Crippen LogP contribution in [0.3, 0.4) is 0 Å². The molecule has 0 aliphatic carbocycles. The van der Waals surface area contributed by atoms with Crippen molar-refractivity contribution in [3.8, 4) is 0 Å². The van der Waals surface area contributed by atoms with Gasteiger partial charge in [0.15, 0.2) is 5.69 Å². The normalized spacial score (nSPS) is 19.9. The fraction of sp³-hybridized carbons (Fsp3) is 0.769. The number of aliphatic hydroxyl groups excluding tert-OH is 1. The minimum atomic E-state index is -0.937. The number of ether oxygens (including phenoxy) is 1. The van der Waals surface area contributed by atoms with Crippen molar-refractivity contribution in [3.63, 3.8) is 0 Å². The molecule has 2 N–H and O–H groups in total. The Labute approximate surface area is 219 Å². The van der Waals surface area contributed by atoms with E-state index in [0.717, 1.165) is 32.2 Å². The zero-order valence-electron chi connectivity index (χ0n) is 22.8. The molecule has 5 atom stereocenters. The van der Waals surface area contributed by atoms with Crippen molar-refractivity contribution in [3.05, 3.63) is 16.1 Å². The zero-order chi connectivity index (χ0) is 27.0. The lowest BCUT2D eigenvalue weighted by Gasteiger charge is -2.38. The number of amides is 2. The number of likely N-dealkylation sites (tertiary alicyclic amines) is 1. The Morgan fingerprint density at radius 3 is 2.56 bits per heavy atom. The monoisotopic (exact) mass is 524 g/mol. The number of rotatable bonds is 12. The van der Waals surface area contributed by atoms with E-state index in [0.29, 0.717) is 5.01 Å². The summed E-state index contributed by atoms with van der Waals surface area (Å²) in [4.78, 5) is 46.8. The first kappa shape index (κ1) is 30.2. The first-order valence-corrected chi connectivity index (χ1v) is 14.0. The van der Waals surface area contributed by atoms with Gasteiger partial charge in [0.2, 0.25) is 11.8 Å². The van der Waals surface area contributed by atoms with Crippen LogP contribution in [0.15, 0.2) is 5.38 Å². The summed E-state index contributed by atoms with van der Waals surface area (Å²) in [6, 6.07) is -1.15. The molecular formula is C26H44N4O5S. The van der Waals surface area contributed by atoms with E-state index in [2.05, 4.69) is 15.2 Å². The maximum Gasteiger partial charge on any atom is 0.357 e. The summed E-state index contributed by atoms with van der Waals surface area (Å²) in [5.74, 6) is -0.763. The van der Waals surface area contributed by atoms with Gasteiger partial charge in [-0.2, -0.15) is 0 Å². The highest BCUT2D eigenvalue weighted by Crippen LogP contribution is 2.28. The average molecular weight is 525 g/mol. The van der Waals surface area contributed by atoms with Crippen molar-refractivity contribution >= 4 is 29.1 Å². The van der Waals surface area contributed by atoms with E-state index < -0.39 is 18.1 Å². The number of aliphatic hydroxyl groups is 1. The van der Waals surface area contributed by atoms with E-state index in [1.54, 1.807) is 24.3 Å².